The summed E-state index contributed by atoms with van der Waals surface area (Å²) in [4.78, 5) is 4.36. The first-order valence-corrected chi connectivity index (χ1v) is 5.14. The molecule has 0 amide bonds. The summed E-state index contributed by atoms with van der Waals surface area (Å²) in [5.41, 5.74) is 2.58. The van der Waals surface area contributed by atoms with Crippen molar-refractivity contribution in [3.05, 3.63) is 29.6 Å². The number of hydrogen-bond acceptors (Lipinski definition) is 2. The summed E-state index contributed by atoms with van der Waals surface area (Å²) in [6.07, 6.45) is 2.92. The zero-order chi connectivity index (χ0) is 10.6. The molecule has 1 aromatic rings. The minimum atomic E-state index is 0.199. The predicted molar refractivity (Wildman–Crippen MR) is 60.4 cm³/mol. The summed E-state index contributed by atoms with van der Waals surface area (Å²) in [6, 6.07) is 4.21. The fourth-order valence-corrected chi connectivity index (χ4v) is 1.21. The average molecular weight is 192 g/mol. The van der Waals surface area contributed by atoms with E-state index in [1.165, 1.54) is 5.56 Å². The van der Waals surface area contributed by atoms with Crippen LogP contribution in [0.4, 0.5) is 0 Å². The number of nitrogens with zero attached hydrogens (tertiary/aromatic N) is 1. The Kier molecular flexibility index (Phi) is 3.64. The van der Waals surface area contributed by atoms with Gasteiger partial charge in [-0.3, -0.25) is 4.98 Å². The van der Waals surface area contributed by atoms with Crippen LogP contribution < -0.4 is 5.32 Å². The van der Waals surface area contributed by atoms with Crippen LogP contribution >= 0.6 is 0 Å². The summed E-state index contributed by atoms with van der Waals surface area (Å²) < 4.78 is 0. The van der Waals surface area contributed by atoms with Crippen LogP contribution in [0, 0.1) is 6.92 Å². The van der Waals surface area contributed by atoms with E-state index < -0.39 is 0 Å². The van der Waals surface area contributed by atoms with Crippen molar-refractivity contribution in [2.45, 2.75) is 39.7 Å². The van der Waals surface area contributed by atoms with E-state index in [1.54, 1.807) is 0 Å². The van der Waals surface area contributed by atoms with Gasteiger partial charge in [-0.2, -0.15) is 0 Å². The molecule has 0 aliphatic carbocycles. The molecule has 0 saturated carbocycles. The van der Waals surface area contributed by atoms with Gasteiger partial charge in [0, 0.05) is 30.4 Å². The highest BCUT2D eigenvalue weighted by Gasteiger charge is 2.07. The third-order valence-electron chi connectivity index (χ3n) is 2.01. The van der Waals surface area contributed by atoms with Crippen molar-refractivity contribution >= 4 is 0 Å². The Hall–Kier alpha value is -0.890. The lowest BCUT2D eigenvalue weighted by molar-refractivity contribution is 0.428. The Labute approximate surface area is 86.8 Å². The molecule has 0 radical (unpaired) electrons. The minimum absolute atomic E-state index is 0.199. The summed E-state index contributed by atoms with van der Waals surface area (Å²) in [5, 5.41) is 3.44. The van der Waals surface area contributed by atoms with Gasteiger partial charge < -0.3 is 5.32 Å². The van der Waals surface area contributed by atoms with E-state index >= 15 is 0 Å². The highest BCUT2D eigenvalue weighted by Crippen LogP contribution is 2.01. The largest absolute Gasteiger partial charge is 0.312 e. The zero-order valence-corrected chi connectivity index (χ0v) is 9.59. The van der Waals surface area contributed by atoms with Crippen molar-refractivity contribution in [1.82, 2.24) is 10.3 Å². The SMILES string of the molecule is Cc1ccc(CCNC(C)(C)C)nc1. The molecule has 0 fully saturated rings. The Balaban J connectivity index is 2.35. The van der Waals surface area contributed by atoms with Crippen molar-refractivity contribution in [1.29, 1.82) is 0 Å². The molecule has 2 nitrogen and oxygen atoms in total. The van der Waals surface area contributed by atoms with Gasteiger partial charge in [-0.1, -0.05) is 6.07 Å². The Bertz CT molecular complexity index is 269. The van der Waals surface area contributed by atoms with Crippen molar-refractivity contribution in [2.75, 3.05) is 6.54 Å². The lowest BCUT2D eigenvalue weighted by Gasteiger charge is -2.20. The number of aromatic nitrogens is 1. The molecule has 0 saturated heterocycles. The van der Waals surface area contributed by atoms with Crippen molar-refractivity contribution in [3.8, 4) is 0 Å². The van der Waals surface area contributed by atoms with Gasteiger partial charge in [-0.25, -0.2) is 0 Å². The van der Waals surface area contributed by atoms with E-state index in [-0.39, 0.29) is 5.54 Å². The van der Waals surface area contributed by atoms with Crippen LogP contribution in [0.15, 0.2) is 18.3 Å². The first-order chi connectivity index (χ1) is 6.47. The minimum Gasteiger partial charge on any atom is -0.312 e. The molecule has 0 aliphatic rings. The Morgan fingerprint density at radius 1 is 1.29 bits per heavy atom. The maximum absolute atomic E-state index is 4.36. The molecule has 0 unspecified atom stereocenters. The molecule has 0 aliphatic heterocycles. The molecule has 0 spiro atoms. The van der Waals surface area contributed by atoms with Gasteiger partial charge >= 0.3 is 0 Å². The molecule has 1 N–H and O–H groups in total. The topological polar surface area (TPSA) is 24.9 Å². The van der Waals surface area contributed by atoms with E-state index in [1.807, 2.05) is 6.20 Å². The third-order valence-corrected chi connectivity index (χ3v) is 2.01. The third kappa shape index (κ3) is 4.38. The maximum atomic E-state index is 4.36. The molecule has 2 heteroatoms. The van der Waals surface area contributed by atoms with Gasteiger partial charge in [0.05, 0.1) is 0 Å². The summed E-state index contributed by atoms with van der Waals surface area (Å²) in [5.74, 6) is 0. The molecule has 0 bridgehead atoms. The summed E-state index contributed by atoms with van der Waals surface area (Å²) in [6.45, 7) is 9.57. The van der Waals surface area contributed by atoms with Gasteiger partial charge in [-0.05, 0) is 39.3 Å². The van der Waals surface area contributed by atoms with Crippen molar-refractivity contribution < 1.29 is 0 Å². The van der Waals surface area contributed by atoms with Gasteiger partial charge in [0.2, 0.25) is 0 Å². The maximum Gasteiger partial charge on any atom is 0.0416 e. The highest BCUT2D eigenvalue weighted by molar-refractivity contribution is 5.12. The molecule has 0 aromatic carbocycles. The quantitative estimate of drug-likeness (QED) is 0.795. The second-order valence-corrected chi connectivity index (χ2v) is 4.75. The van der Waals surface area contributed by atoms with Crippen LogP contribution in [-0.2, 0) is 6.42 Å². The Morgan fingerprint density at radius 3 is 2.50 bits per heavy atom. The highest BCUT2D eigenvalue weighted by atomic mass is 14.9. The van der Waals surface area contributed by atoms with Gasteiger partial charge in [-0.15, -0.1) is 0 Å². The van der Waals surface area contributed by atoms with E-state index in [0.717, 1.165) is 18.7 Å². The van der Waals surface area contributed by atoms with Crippen LogP contribution in [0.2, 0.25) is 0 Å². The van der Waals surface area contributed by atoms with Gasteiger partial charge in [0.1, 0.15) is 0 Å². The van der Waals surface area contributed by atoms with E-state index in [0.29, 0.717) is 0 Å². The molecule has 1 heterocycles. The molecular formula is C12H20N2. The Morgan fingerprint density at radius 2 is 2.00 bits per heavy atom. The molecule has 0 atom stereocenters. The lowest BCUT2D eigenvalue weighted by atomic mass is 10.1. The summed E-state index contributed by atoms with van der Waals surface area (Å²) in [7, 11) is 0. The van der Waals surface area contributed by atoms with Crippen LogP contribution in [0.3, 0.4) is 0 Å². The lowest BCUT2D eigenvalue weighted by Crippen LogP contribution is -2.37. The molecular weight excluding hydrogens is 172 g/mol. The smallest absolute Gasteiger partial charge is 0.0416 e. The van der Waals surface area contributed by atoms with Gasteiger partial charge in [0.15, 0.2) is 0 Å². The summed E-state index contributed by atoms with van der Waals surface area (Å²) >= 11 is 0. The number of pyridine rings is 1. The van der Waals surface area contributed by atoms with Crippen molar-refractivity contribution in [3.63, 3.8) is 0 Å². The monoisotopic (exact) mass is 192 g/mol. The molecule has 14 heavy (non-hydrogen) atoms. The second kappa shape index (κ2) is 4.56. The number of hydrogen-bond donors (Lipinski definition) is 1. The first kappa shape index (κ1) is 11.2. The standard InChI is InChI=1S/C12H20N2/c1-10-5-6-11(13-9-10)7-8-14-12(2,3)4/h5-6,9,14H,7-8H2,1-4H3. The second-order valence-electron chi connectivity index (χ2n) is 4.75. The van der Waals surface area contributed by atoms with Crippen LogP contribution in [0.5, 0.6) is 0 Å². The van der Waals surface area contributed by atoms with Gasteiger partial charge in [0.25, 0.3) is 0 Å². The van der Waals surface area contributed by atoms with E-state index in [2.05, 4.69) is 50.1 Å². The first-order valence-electron chi connectivity index (χ1n) is 5.14. The van der Waals surface area contributed by atoms with E-state index in [4.69, 9.17) is 0 Å². The van der Waals surface area contributed by atoms with Crippen LogP contribution in [0.1, 0.15) is 32.0 Å². The van der Waals surface area contributed by atoms with Crippen LogP contribution in [0.25, 0.3) is 0 Å². The van der Waals surface area contributed by atoms with E-state index in [9.17, 15) is 0 Å². The predicted octanol–water partition coefficient (Wildman–Crippen LogP) is 2.32. The van der Waals surface area contributed by atoms with Crippen molar-refractivity contribution in [2.24, 2.45) is 0 Å². The fourth-order valence-electron chi connectivity index (χ4n) is 1.21. The molecule has 1 aromatic heterocycles. The molecule has 78 valence electrons. The number of rotatable bonds is 3. The van der Waals surface area contributed by atoms with Crippen LogP contribution in [-0.4, -0.2) is 17.1 Å². The average Bonchev–Trinajstić information content (AvgIpc) is 2.06. The fraction of sp³-hybridized carbons (Fsp3) is 0.583. The normalized spacial score (nSPS) is 11.7. The zero-order valence-electron chi connectivity index (χ0n) is 9.59. The number of nitrogens with one attached hydrogen (secondary N) is 1. The molecule has 1 rings (SSSR count). The number of aryl methyl sites for hydroxylation is 1.